The van der Waals surface area contributed by atoms with Gasteiger partial charge in [-0.25, -0.2) is 9.18 Å². The van der Waals surface area contributed by atoms with E-state index in [1.807, 2.05) is 24.3 Å². The summed E-state index contributed by atoms with van der Waals surface area (Å²) < 4.78 is 24.7. The molecular weight excluding hydrogens is 383 g/mol. The molecule has 0 bridgehead atoms. The third-order valence-corrected chi connectivity index (χ3v) is 4.85. The maximum Gasteiger partial charge on any atom is 0.346 e. The van der Waals surface area contributed by atoms with Crippen molar-refractivity contribution in [2.75, 3.05) is 0 Å². The molecule has 3 aromatic carbocycles. The van der Waals surface area contributed by atoms with Crippen LogP contribution < -0.4 is 9.47 Å². The van der Waals surface area contributed by atoms with Crippen LogP contribution in [-0.2, 0) is 0 Å². The van der Waals surface area contributed by atoms with Crippen LogP contribution in [0.25, 0.3) is 6.08 Å². The Bertz CT molecular complexity index is 1160. The molecule has 4 rings (SSSR count). The topological polar surface area (TPSA) is 52.6 Å². The second-order valence-corrected chi connectivity index (χ2v) is 7.29. The van der Waals surface area contributed by atoms with Crippen molar-refractivity contribution in [3.8, 4) is 11.5 Å². The molecule has 0 saturated carbocycles. The van der Waals surface area contributed by atoms with E-state index in [-0.39, 0.29) is 22.9 Å². The largest absolute Gasteiger partial charge is 0.452 e. The predicted octanol–water partition coefficient (Wildman–Crippen LogP) is 5.78. The molecule has 1 heterocycles. The van der Waals surface area contributed by atoms with Gasteiger partial charge in [0.05, 0.1) is 11.1 Å². The molecule has 1 aliphatic heterocycles. The van der Waals surface area contributed by atoms with E-state index in [0.717, 1.165) is 5.56 Å². The van der Waals surface area contributed by atoms with Gasteiger partial charge in [0.1, 0.15) is 17.3 Å². The third kappa shape index (κ3) is 3.87. The van der Waals surface area contributed by atoms with Gasteiger partial charge in [0.25, 0.3) is 0 Å². The fourth-order valence-corrected chi connectivity index (χ4v) is 3.15. The highest BCUT2D eigenvalue weighted by Gasteiger charge is 2.28. The van der Waals surface area contributed by atoms with Crippen molar-refractivity contribution in [2.24, 2.45) is 0 Å². The number of carbonyl (C=O) groups excluding carboxylic acids is 2. The summed E-state index contributed by atoms with van der Waals surface area (Å²) in [6.45, 7) is 4.23. The fraction of sp³-hybridized carbons (Fsp3) is 0.120. The lowest BCUT2D eigenvalue weighted by Gasteiger charge is -2.06. The van der Waals surface area contributed by atoms with Crippen molar-refractivity contribution >= 4 is 17.8 Å². The van der Waals surface area contributed by atoms with Crippen molar-refractivity contribution in [3.05, 3.63) is 101 Å². The summed E-state index contributed by atoms with van der Waals surface area (Å²) in [5, 5.41) is 0. The molecule has 0 N–H and O–H groups in total. The van der Waals surface area contributed by atoms with Crippen molar-refractivity contribution in [1.29, 1.82) is 0 Å². The minimum Gasteiger partial charge on any atom is -0.452 e. The summed E-state index contributed by atoms with van der Waals surface area (Å²) in [4.78, 5) is 24.8. The normalized spacial score (nSPS) is 14.0. The Morgan fingerprint density at radius 2 is 1.77 bits per heavy atom. The molecule has 0 amide bonds. The van der Waals surface area contributed by atoms with Crippen LogP contribution in [0.1, 0.15) is 51.6 Å². The van der Waals surface area contributed by atoms with Gasteiger partial charge in [-0.1, -0.05) is 50.2 Å². The van der Waals surface area contributed by atoms with Gasteiger partial charge < -0.3 is 9.47 Å². The second kappa shape index (κ2) is 7.95. The molecule has 0 radical (unpaired) electrons. The number of ether oxygens (including phenoxy) is 2. The summed E-state index contributed by atoms with van der Waals surface area (Å²) in [5.74, 6) is -0.654. The molecule has 0 aliphatic carbocycles. The number of hydrogen-bond acceptors (Lipinski definition) is 4. The monoisotopic (exact) mass is 402 g/mol. The molecule has 30 heavy (non-hydrogen) atoms. The first-order chi connectivity index (χ1) is 14.4. The van der Waals surface area contributed by atoms with Gasteiger partial charge in [-0.05, 0) is 47.4 Å². The van der Waals surface area contributed by atoms with Gasteiger partial charge in [-0.15, -0.1) is 0 Å². The Hall–Kier alpha value is -3.73. The van der Waals surface area contributed by atoms with E-state index in [1.54, 1.807) is 12.1 Å². The first-order valence-electron chi connectivity index (χ1n) is 9.57. The summed E-state index contributed by atoms with van der Waals surface area (Å²) in [6, 6.07) is 17.9. The molecule has 1 aliphatic rings. The standard InChI is InChI=1S/C25H19FO4/c1-15(2)17-9-7-16(8-10-17)13-23-24(27)20-12-11-18(14-22(20)30-23)29-25(28)19-5-3-4-6-21(19)26/h3-15H,1-2H3. The fourth-order valence-electron chi connectivity index (χ4n) is 3.15. The quantitative estimate of drug-likeness (QED) is 0.315. The second-order valence-electron chi connectivity index (χ2n) is 7.29. The molecule has 0 aromatic heterocycles. The van der Waals surface area contributed by atoms with Gasteiger partial charge in [0, 0.05) is 6.07 Å². The minimum atomic E-state index is -0.821. The van der Waals surface area contributed by atoms with Crippen LogP contribution in [0.4, 0.5) is 4.39 Å². The maximum absolute atomic E-state index is 13.8. The lowest BCUT2D eigenvalue weighted by atomic mass is 10.0. The Morgan fingerprint density at radius 3 is 2.47 bits per heavy atom. The molecule has 5 heteroatoms. The molecule has 3 aromatic rings. The molecule has 150 valence electrons. The lowest BCUT2D eigenvalue weighted by molar-refractivity contribution is 0.0729. The maximum atomic E-state index is 13.8. The number of benzene rings is 3. The number of hydrogen-bond donors (Lipinski definition) is 0. The van der Waals surface area contributed by atoms with Crippen LogP contribution in [0.2, 0.25) is 0 Å². The van der Waals surface area contributed by atoms with Gasteiger partial charge in [0.2, 0.25) is 5.78 Å². The van der Waals surface area contributed by atoms with E-state index in [9.17, 15) is 14.0 Å². The first kappa shape index (κ1) is 19.6. The van der Waals surface area contributed by atoms with Crippen molar-refractivity contribution < 1.29 is 23.5 Å². The average molecular weight is 402 g/mol. The summed E-state index contributed by atoms with van der Waals surface area (Å²) in [6.07, 6.45) is 1.68. The van der Waals surface area contributed by atoms with Crippen LogP contribution in [0, 0.1) is 5.82 Å². The SMILES string of the molecule is CC(C)c1ccc(C=C2Oc3cc(OC(=O)c4ccccc4F)ccc3C2=O)cc1. The van der Waals surface area contributed by atoms with Gasteiger partial charge in [-0.3, -0.25) is 4.79 Å². The highest BCUT2D eigenvalue weighted by molar-refractivity contribution is 6.14. The van der Waals surface area contributed by atoms with E-state index in [0.29, 0.717) is 17.2 Å². The number of halogens is 1. The number of Topliss-reactive ketones (excluding diaryl/α,β-unsaturated/α-hetero) is 1. The lowest BCUT2D eigenvalue weighted by Crippen LogP contribution is -2.10. The van der Waals surface area contributed by atoms with Crippen LogP contribution in [-0.4, -0.2) is 11.8 Å². The molecule has 0 atom stereocenters. The summed E-state index contributed by atoms with van der Waals surface area (Å²) in [7, 11) is 0. The number of rotatable bonds is 4. The molecule has 0 saturated heterocycles. The van der Waals surface area contributed by atoms with Crippen LogP contribution in [0.15, 0.2) is 72.5 Å². The first-order valence-corrected chi connectivity index (χ1v) is 9.57. The summed E-state index contributed by atoms with van der Waals surface area (Å²) >= 11 is 0. The third-order valence-electron chi connectivity index (χ3n) is 4.85. The van der Waals surface area contributed by atoms with E-state index < -0.39 is 11.8 Å². The molecule has 0 spiro atoms. The van der Waals surface area contributed by atoms with Gasteiger partial charge >= 0.3 is 5.97 Å². The molecular formula is C25H19FO4. The zero-order valence-corrected chi connectivity index (χ0v) is 16.5. The molecule has 4 nitrogen and oxygen atoms in total. The number of allylic oxidation sites excluding steroid dienone is 1. The average Bonchev–Trinajstić information content (AvgIpc) is 3.03. The summed E-state index contributed by atoms with van der Waals surface area (Å²) in [5.41, 5.74) is 2.27. The van der Waals surface area contributed by atoms with E-state index in [4.69, 9.17) is 9.47 Å². The van der Waals surface area contributed by atoms with Crippen LogP contribution in [0.3, 0.4) is 0 Å². The zero-order chi connectivity index (χ0) is 21.3. The minimum absolute atomic E-state index is 0.164. The van der Waals surface area contributed by atoms with E-state index >= 15 is 0 Å². The zero-order valence-electron chi connectivity index (χ0n) is 16.5. The van der Waals surface area contributed by atoms with E-state index in [2.05, 4.69) is 13.8 Å². The number of fused-ring (bicyclic) bond motifs is 1. The Kier molecular flexibility index (Phi) is 5.19. The number of ketones is 1. The smallest absolute Gasteiger partial charge is 0.346 e. The van der Waals surface area contributed by atoms with Crippen LogP contribution in [0.5, 0.6) is 11.5 Å². The Morgan fingerprint density at radius 1 is 1.03 bits per heavy atom. The molecule has 0 unspecified atom stereocenters. The van der Waals surface area contributed by atoms with Crippen molar-refractivity contribution in [2.45, 2.75) is 19.8 Å². The number of carbonyl (C=O) groups is 2. The molecule has 0 fully saturated rings. The van der Waals surface area contributed by atoms with Crippen LogP contribution >= 0.6 is 0 Å². The van der Waals surface area contributed by atoms with Crippen molar-refractivity contribution in [1.82, 2.24) is 0 Å². The van der Waals surface area contributed by atoms with Crippen molar-refractivity contribution in [3.63, 3.8) is 0 Å². The number of esters is 1. The predicted molar refractivity (Wildman–Crippen MR) is 111 cm³/mol. The Labute approximate surface area is 173 Å². The van der Waals surface area contributed by atoms with E-state index in [1.165, 1.54) is 42.0 Å². The van der Waals surface area contributed by atoms with Gasteiger partial charge in [0.15, 0.2) is 5.76 Å². The highest BCUT2D eigenvalue weighted by Crippen LogP contribution is 2.35. The highest BCUT2D eigenvalue weighted by atomic mass is 19.1. The Balaban J connectivity index is 1.54. The van der Waals surface area contributed by atoms with Gasteiger partial charge in [-0.2, -0.15) is 0 Å².